The number of nitrogen functional groups attached to an aromatic ring is 1. The number of benzene rings is 1. The molecule has 0 bridgehead atoms. The van der Waals surface area contributed by atoms with Gasteiger partial charge in [-0.25, -0.2) is 4.98 Å². The molecule has 9 nitrogen and oxygen atoms in total. The van der Waals surface area contributed by atoms with Crippen LogP contribution in [0.3, 0.4) is 0 Å². The third-order valence-corrected chi connectivity index (χ3v) is 5.53. The van der Waals surface area contributed by atoms with Crippen LogP contribution in [0.1, 0.15) is 17.3 Å². The summed E-state index contributed by atoms with van der Waals surface area (Å²) in [5.41, 5.74) is 7.03. The van der Waals surface area contributed by atoms with Crippen molar-refractivity contribution in [2.75, 3.05) is 37.4 Å². The van der Waals surface area contributed by atoms with Crippen LogP contribution in [0.5, 0.6) is 11.8 Å². The molecule has 10 heteroatoms. The van der Waals surface area contributed by atoms with E-state index in [1.54, 1.807) is 37.5 Å². The van der Waals surface area contributed by atoms with E-state index in [1.165, 1.54) is 11.3 Å². The second-order valence-electron chi connectivity index (χ2n) is 6.78. The van der Waals surface area contributed by atoms with E-state index in [4.69, 9.17) is 15.2 Å². The minimum atomic E-state index is -0.161. The van der Waals surface area contributed by atoms with Gasteiger partial charge in [-0.3, -0.25) is 4.79 Å². The quantitative estimate of drug-likeness (QED) is 0.640. The van der Waals surface area contributed by atoms with Crippen molar-refractivity contribution in [3.05, 3.63) is 42.1 Å². The first-order valence-electron chi connectivity index (χ1n) is 9.48. The Hall–Kier alpha value is -3.24. The van der Waals surface area contributed by atoms with E-state index >= 15 is 0 Å². The summed E-state index contributed by atoms with van der Waals surface area (Å²) in [5.74, 6) is 1.12. The van der Waals surface area contributed by atoms with Crippen molar-refractivity contribution in [2.24, 2.45) is 0 Å². The lowest BCUT2D eigenvalue weighted by Crippen LogP contribution is -2.44. The van der Waals surface area contributed by atoms with E-state index in [0.29, 0.717) is 35.4 Å². The molecule has 0 aliphatic carbocycles. The number of carbonyl (C=O) groups is 1. The van der Waals surface area contributed by atoms with Crippen LogP contribution in [0.25, 0.3) is 10.6 Å². The number of rotatable bonds is 5. The molecule has 1 aromatic carbocycles. The Bertz CT molecular complexity index is 1040. The van der Waals surface area contributed by atoms with Crippen LogP contribution in [0, 0.1) is 0 Å². The highest BCUT2D eigenvalue weighted by Crippen LogP contribution is 2.31. The first kappa shape index (κ1) is 20.0. The van der Waals surface area contributed by atoms with E-state index in [-0.39, 0.29) is 18.0 Å². The number of nitrogens with zero attached hydrogens (tertiary/aromatic N) is 4. The summed E-state index contributed by atoms with van der Waals surface area (Å²) in [7, 11) is 1.59. The Kier molecular flexibility index (Phi) is 5.77. The summed E-state index contributed by atoms with van der Waals surface area (Å²) in [6.07, 6.45) is 1.69. The van der Waals surface area contributed by atoms with Gasteiger partial charge in [0.25, 0.3) is 5.91 Å². The standard InChI is InChI=1S/C20H22N6O3S/c1-12-11-28-8-7-26(12)17-9-15(16-10-23-19(21)30-16)24-20(25-17)29-14-5-3-13(4-6-14)18(27)22-2/h3-6,9-10,12H,7-8,11H2,1-2H3,(H2,21,23)(H,22,27). The average Bonchev–Trinajstić information content (AvgIpc) is 3.20. The number of nitrogens with one attached hydrogen (secondary N) is 1. The van der Waals surface area contributed by atoms with Gasteiger partial charge in [0.05, 0.1) is 29.8 Å². The lowest BCUT2D eigenvalue weighted by molar-refractivity contribution is 0.0963. The van der Waals surface area contributed by atoms with E-state index in [0.717, 1.165) is 17.2 Å². The van der Waals surface area contributed by atoms with Gasteiger partial charge in [0.15, 0.2) is 5.13 Å². The molecule has 1 atom stereocenters. The predicted molar refractivity (Wildman–Crippen MR) is 115 cm³/mol. The Morgan fingerprint density at radius 3 is 2.80 bits per heavy atom. The van der Waals surface area contributed by atoms with Gasteiger partial charge >= 0.3 is 6.01 Å². The SMILES string of the molecule is CNC(=O)c1ccc(Oc2nc(-c3cnc(N)s3)cc(N3CCOCC3C)n2)cc1. The molecule has 4 rings (SSSR count). The highest BCUT2D eigenvalue weighted by atomic mass is 32.1. The normalized spacial score (nSPS) is 16.3. The zero-order valence-electron chi connectivity index (χ0n) is 16.7. The summed E-state index contributed by atoms with van der Waals surface area (Å²) >= 11 is 1.35. The third kappa shape index (κ3) is 4.34. The molecule has 3 aromatic rings. The minimum absolute atomic E-state index is 0.161. The molecule has 1 aliphatic rings. The highest BCUT2D eigenvalue weighted by Gasteiger charge is 2.22. The number of thiazole rings is 1. The fourth-order valence-electron chi connectivity index (χ4n) is 3.13. The maximum atomic E-state index is 11.7. The molecule has 156 valence electrons. The number of hydrogen-bond donors (Lipinski definition) is 2. The highest BCUT2D eigenvalue weighted by molar-refractivity contribution is 7.18. The van der Waals surface area contributed by atoms with Crippen LogP contribution >= 0.6 is 11.3 Å². The summed E-state index contributed by atoms with van der Waals surface area (Å²) in [5, 5.41) is 3.06. The maximum Gasteiger partial charge on any atom is 0.324 e. The summed E-state index contributed by atoms with van der Waals surface area (Å²) < 4.78 is 11.5. The first-order valence-corrected chi connectivity index (χ1v) is 10.3. The Labute approximate surface area is 177 Å². The van der Waals surface area contributed by atoms with Gasteiger partial charge in [-0.1, -0.05) is 11.3 Å². The summed E-state index contributed by atoms with van der Waals surface area (Å²) in [4.78, 5) is 28.0. The van der Waals surface area contributed by atoms with Crippen molar-refractivity contribution in [3.63, 3.8) is 0 Å². The number of aromatic nitrogens is 3. The smallest absolute Gasteiger partial charge is 0.324 e. The molecule has 30 heavy (non-hydrogen) atoms. The number of ether oxygens (including phenoxy) is 2. The van der Waals surface area contributed by atoms with Gasteiger partial charge in [0, 0.05) is 31.4 Å². The zero-order chi connectivity index (χ0) is 21.1. The molecule has 0 saturated carbocycles. The Morgan fingerprint density at radius 1 is 1.33 bits per heavy atom. The molecule has 1 fully saturated rings. The fourth-order valence-corrected chi connectivity index (χ4v) is 3.77. The second kappa shape index (κ2) is 8.64. The van der Waals surface area contributed by atoms with E-state index < -0.39 is 0 Å². The van der Waals surface area contributed by atoms with Gasteiger partial charge in [0.2, 0.25) is 0 Å². The molecule has 1 aliphatic heterocycles. The van der Waals surface area contributed by atoms with Crippen LogP contribution < -0.4 is 20.7 Å². The zero-order valence-corrected chi connectivity index (χ0v) is 17.5. The van der Waals surface area contributed by atoms with Gasteiger partial charge < -0.3 is 25.4 Å². The number of nitrogens with two attached hydrogens (primary N) is 1. The molecular weight excluding hydrogens is 404 g/mol. The topological polar surface area (TPSA) is 115 Å². The summed E-state index contributed by atoms with van der Waals surface area (Å²) in [6.45, 7) is 4.07. The predicted octanol–water partition coefficient (Wildman–Crippen LogP) is 2.56. The van der Waals surface area contributed by atoms with Gasteiger partial charge in [-0.05, 0) is 31.2 Å². The van der Waals surface area contributed by atoms with Crippen LogP contribution in [0.4, 0.5) is 10.9 Å². The van der Waals surface area contributed by atoms with Crippen molar-refractivity contribution < 1.29 is 14.3 Å². The van der Waals surface area contributed by atoms with Crippen molar-refractivity contribution in [1.29, 1.82) is 0 Å². The minimum Gasteiger partial charge on any atom is -0.424 e. The van der Waals surface area contributed by atoms with Crippen LogP contribution in [0.15, 0.2) is 36.5 Å². The number of anilines is 2. The average molecular weight is 427 g/mol. The van der Waals surface area contributed by atoms with Crippen molar-refractivity contribution in [2.45, 2.75) is 13.0 Å². The fraction of sp³-hybridized carbons (Fsp3) is 0.300. The third-order valence-electron chi connectivity index (χ3n) is 4.68. The molecule has 3 heterocycles. The van der Waals surface area contributed by atoms with E-state index in [2.05, 4.69) is 32.1 Å². The van der Waals surface area contributed by atoms with E-state index in [9.17, 15) is 4.79 Å². The first-order chi connectivity index (χ1) is 14.5. The van der Waals surface area contributed by atoms with E-state index in [1.807, 2.05) is 6.07 Å². The largest absolute Gasteiger partial charge is 0.424 e. The lowest BCUT2D eigenvalue weighted by atomic mass is 10.2. The molecule has 0 radical (unpaired) electrons. The number of hydrogen-bond acceptors (Lipinski definition) is 9. The van der Waals surface area contributed by atoms with Gasteiger partial charge in [-0.15, -0.1) is 0 Å². The number of amides is 1. The lowest BCUT2D eigenvalue weighted by Gasteiger charge is -2.34. The Balaban J connectivity index is 1.67. The maximum absolute atomic E-state index is 11.7. The Morgan fingerprint density at radius 2 is 2.13 bits per heavy atom. The van der Waals surface area contributed by atoms with Crippen molar-refractivity contribution in [3.8, 4) is 22.3 Å². The molecule has 3 N–H and O–H groups in total. The molecule has 0 spiro atoms. The molecule has 1 amide bonds. The molecular formula is C20H22N6O3S. The van der Waals surface area contributed by atoms with Crippen LogP contribution in [0.2, 0.25) is 0 Å². The van der Waals surface area contributed by atoms with Gasteiger partial charge in [-0.2, -0.15) is 9.97 Å². The molecule has 1 saturated heterocycles. The van der Waals surface area contributed by atoms with Crippen LogP contribution in [-0.4, -0.2) is 53.7 Å². The second-order valence-corrected chi connectivity index (χ2v) is 7.84. The van der Waals surface area contributed by atoms with Gasteiger partial charge in [0.1, 0.15) is 11.6 Å². The summed E-state index contributed by atoms with van der Waals surface area (Å²) in [6, 6.07) is 9.09. The molecule has 1 unspecified atom stereocenters. The van der Waals surface area contributed by atoms with Crippen molar-refractivity contribution in [1.82, 2.24) is 20.3 Å². The number of carbonyl (C=O) groups excluding carboxylic acids is 1. The molecule has 2 aromatic heterocycles. The monoisotopic (exact) mass is 426 g/mol. The number of morpholine rings is 1. The van der Waals surface area contributed by atoms with Crippen molar-refractivity contribution >= 4 is 28.2 Å². The van der Waals surface area contributed by atoms with Crippen LogP contribution in [-0.2, 0) is 4.74 Å².